The molecule has 0 N–H and O–H groups in total. The zero-order valence-corrected chi connectivity index (χ0v) is 12.5. The van der Waals surface area contributed by atoms with Gasteiger partial charge < -0.3 is 9.64 Å². The molecule has 0 spiro atoms. The highest BCUT2D eigenvalue weighted by molar-refractivity contribution is 7.89. The number of hydrogen-bond donors (Lipinski definition) is 0. The molecule has 0 aromatic carbocycles. The third-order valence-corrected chi connectivity index (χ3v) is 6.04. The Morgan fingerprint density at radius 2 is 1.95 bits per heavy atom. The Balaban J connectivity index is 2.30. The maximum Gasteiger partial charge on any atom is 0.349 e. The van der Waals surface area contributed by atoms with Crippen LogP contribution in [0.5, 0.6) is 0 Å². The first-order chi connectivity index (χ1) is 8.96. The number of sulfonamides is 1. The molecule has 0 amide bonds. The smallest absolute Gasteiger partial charge is 0.349 e. The number of nitrogens with zero attached hydrogens (tertiary/aromatic N) is 2. The van der Waals surface area contributed by atoms with Gasteiger partial charge in [0, 0.05) is 26.2 Å². The number of esters is 1. The number of rotatable bonds is 3. The van der Waals surface area contributed by atoms with Crippen molar-refractivity contribution in [3.8, 4) is 0 Å². The van der Waals surface area contributed by atoms with E-state index in [0.717, 1.165) is 11.3 Å². The second-order valence-electron chi connectivity index (χ2n) is 4.31. The second kappa shape index (κ2) is 5.58. The van der Waals surface area contributed by atoms with E-state index in [0.29, 0.717) is 26.2 Å². The van der Waals surface area contributed by atoms with Crippen molar-refractivity contribution in [3.63, 3.8) is 0 Å². The average molecular weight is 304 g/mol. The molecular formula is C11H16N2O4S2. The summed E-state index contributed by atoms with van der Waals surface area (Å²) in [6, 6.07) is 1.46. The van der Waals surface area contributed by atoms with Gasteiger partial charge in [0.1, 0.15) is 9.77 Å². The first-order valence-electron chi connectivity index (χ1n) is 5.81. The van der Waals surface area contributed by atoms with Crippen LogP contribution < -0.4 is 0 Å². The minimum atomic E-state index is -3.61. The first-order valence-corrected chi connectivity index (χ1v) is 8.13. The van der Waals surface area contributed by atoms with Gasteiger partial charge in [-0.1, -0.05) is 0 Å². The molecule has 0 atom stereocenters. The minimum absolute atomic E-state index is 0.0499. The van der Waals surface area contributed by atoms with Crippen LogP contribution in [-0.2, 0) is 14.8 Å². The van der Waals surface area contributed by atoms with E-state index in [1.807, 2.05) is 7.05 Å². The number of hydrogen-bond acceptors (Lipinski definition) is 6. The number of carbonyl (C=O) groups excluding carboxylic acids is 1. The predicted molar refractivity (Wildman–Crippen MR) is 71.9 cm³/mol. The fourth-order valence-corrected chi connectivity index (χ4v) is 4.64. The molecular weight excluding hydrogens is 288 g/mol. The van der Waals surface area contributed by atoms with Gasteiger partial charge in [0.15, 0.2) is 0 Å². The predicted octanol–water partition coefficient (Wildman–Crippen LogP) is 0.471. The van der Waals surface area contributed by atoms with E-state index in [1.54, 1.807) is 5.38 Å². The molecule has 0 saturated carbocycles. The standard InChI is InChI=1S/C11H16N2O4S2/c1-12-4-6-13(7-5-12)19(15,16)9-3-8-18-10(9)11(14)17-2/h3,8H,4-7H2,1-2H3. The van der Waals surface area contributed by atoms with Gasteiger partial charge in [-0.05, 0) is 18.5 Å². The van der Waals surface area contributed by atoms with Gasteiger partial charge in [0.25, 0.3) is 0 Å². The second-order valence-corrected chi connectivity index (χ2v) is 7.14. The lowest BCUT2D eigenvalue weighted by Gasteiger charge is -2.31. The van der Waals surface area contributed by atoms with Crippen molar-refractivity contribution in [2.75, 3.05) is 40.3 Å². The van der Waals surface area contributed by atoms with Crippen LogP contribution in [0.1, 0.15) is 9.67 Å². The Kier molecular flexibility index (Phi) is 4.24. The average Bonchev–Trinajstić information content (AvgIpc) is 2.88. The van der Waals surface area contributed by atoms with Crippen molar-refractivity contribution in [1.82, 2.24) is 9.21 Å². The van der Waals surface area contributed by atoms with Gasteiger partial charge in [-0.2, -0.15) is 4.31 Å². The van der Waals surface area contributed by atoms with E-state index in [4.69, 9.17) is 0 Å². The molecule has 2 rings (SSSR count). The van der Waals surface area contributed by atoms with Crippen molar-refractivity contribution in [3.05, 3.63) is 16.3 Å². The molecule has 1 aliphatic rings. The fourth-order valence-electron chi connectivity index (χ4n) is 1.91. The topological polar surface area (TPSA) is 66.9 Å². The number of methoxy groups -OCH3 is 1. The summed E-state index contributed by atoms with van der Waals surface area (Å²) < 4.78 is 31.0. The monoisotopic (exact) mass is 304 g/mol. The molecule has 2 heterocycles. The number of piperazine rings is 1. The quantitative estimate of drug-likeness (QED) is 0.760. The summed E-state index contributed by atoms with van der Waals surface area (Å²) in [5.74, 6) is -0.609. The lowest BCUT2D eigenvalue weighted by atomic mass is 10.4. The Morgan fingerprint density at radius 1 is 1.32 bits per heavy atom. The molecule has 1 fully saturated rings. The zero-order chi connectivity index (χ0) is 14.0. The van der Waals surface area contributed by atoms with Gasteiger partial charge in [-0.15, -0.1) is 11.3 Å². The Labute approximate surface area is 116 Å². The normalized spacial score (nSPS) is 18.4. The van der Waals surface area contributed by atoms with E-state index >= 15 is 0 Å². The van der Waals surface area contributed by atoms with E-state index in [1.165, 1.54) is 17.5 Å². The van der Waals surface area contributed by atoms with Crippen LogP contribution in [0.4, 0.5) is 0 Å². The largest absolute Gasteiger partial charge is 0.465 e. The lowest BCUT2D eigenvalue weighted by Crippen LogP contribution is -2.47. The summed E-state index contributed by atoms with van der Waals surface area (Å²) in [7, 11) is -0.414. The van der Waals surface area contributed by atoms with Crippen LogP contribution >= 0.6 is 11.3 Å². The summed E-state index contributed by atoms with van der Waals surface area (Å²) in [5, 5.41) is 1.59. The zero-order valence-electron chi connectivity index (χ0n) is 10.8. The Hall–Kier alpha value is -0.960. The molecule has 1 aromatic rings. The fraction of sp³-hybridized carbons (Fsp3) is 0.545. The number of carbonyl (C=O) groups is 1. The van der Waals surface area contributed by atoms with Gasteiger partial charge in [-0.25, -0.2) is 13.2 Å². The van der Waals surface area contributed by atoms with E-state index < -0.39 is 16.0 Å². The van der Waals surface area contributed by atoms with Crippen LogP contribution in [0.25, 0.3) is 0 Å². The number of likely N-dealkylation sites (N-methyl/N-ethyl adjacent to an activating group) is 1. The summed E-state index contributed by atoms with van der Waals surface area (Å²) in [4.78, 5) is 13.8. The van der Waals surface area contributed by atoms with Crippen LogP contribution in [0, 0.1) is 0 Å². The van der Waals surface area contributed by atoms with Crippen molar-refractivity contribution in [2.24, 2.45) is 0 Å². The molecule has 1 saturated heterocycles. The number of thiophene rings is 1. The van der Waals surface area contributed by atoms with E-state index in [-0.39, 0.29) is 9.77 Å². The molecule has 0 unspecified atom stereocenters. The van der Waals surface area contributed by atoms with Crippen molar-refractivity contribution in [2.45, 2.75) is 4.90 Å². The van der Waals surface area contributed by atoms with Crippen molar-refractivity contribution < 1.29 is 17.9 Å². The molecule has 1 aliphatic heterocycles. The molecule has 0 bridgehead atoms. The van der Waals surface area contributed by atoms with Crippen molar-refractivity contribution >= 4 is 27.3 Å². The highest BCUT2D eigenvalue weighted by Crippen LogP contribution is 2.26. The summed E-state index contributed by atoms with van der Waals surface area (Å²) >= 11 is 1.08. The van der Waals surface area contributed by atoms with Gasteiger partial charge in [0.05, 0.1) is 7.11 Å². The SMILES string of the molecule is COC(=O)c1sccc1S(=O)(=O)N1CCN(C)CC1. The molecule has 19 heavy (non-hydrogen) atoms. The lowest BCUT2D eigenvalue weighted by molar-refractivity contribution is 0.0602. The van der Waals surface area contributed by atoms with Gasteiger partial charge >= 0.3 is 5.97 Å². The molecule has 6 nitrogen and oxygen atoms in total. The van der Waals surface area contributed by atoms with Crippen LogP contribution in [-0.4, -0.2) is 63.9 Å². The first kappa shape index (κ1) is 14.4. The molecule has 0 radical (unpaired) electrons. The van der Waals surface area contributed by atoms with Crippen molar-refractivity contribution in [1.29, 1.82) is 0 Å². The van der Waals surface area contributed by atoms with Crippen LogP contribution in [0.15, 0.2) is 16.3 Å². The van der Waals surface area contributed by atoms with Crippen LogP contribution in [0.2, 0.25) is 0 Å². The summed E-state index contributed by atoms with van der Waals surface area (Å²) in [6.07, 6.45) is 0. The third-order valence-electron chi connectivity index (χ3n) is 3.08. The number of ether oxygens (including phenoxy) is 1. The maximum absolute atomic E-state index is 12.5. The highest BCUT2D eigenvalue weighted by atomic mass is 32.2. The maximum atomic E-state index is 12.5. The minimum Gasteiger partial charge on any atom is -0.465 e. The summed E-state index contributed by atoms with van der Waals surface area (Å²) in [6.45, 7) is 2.26. The summed E-state index contributed by atoms with van der Waals surface area (Å²) in [5.41, 5.74) is 0. The molecule has 1 aromatic heterocycles. The molecule has 106 valence electrons. The Morgan fingerprint density at radius 3 is 2.53 bits per heavy atom. The molecule has 0 aliphatic carbocycles. The van der Waals surface area contributed by atoms with E-state index in [9.17, 15) is 13.2 Å². The van der Waals surface area contributed by atoms with Gasteiger partial charge in [-0.3, -0.25) is 0 Å². The Bertz CT molecular complexity index is 559. The third kappa shape index (κ3) is 2.81. The van der Waals surface area contributed by atoms with Crippen LogP contribution in [0.3, 0.4) is 0 Å². The highest BCUT2D eigenvalue weighted by Gasteiger charge is 2.32. The molecule has 8 heteroatoms. The van der Waals surface area contributed by atoms with E-state index in [2.05, 4.69) is 9.64 Å². The van der Waals surface area contributed by atoms with Gasteiger partial charge in [0.2, 0.25) is 10.0 Å².